The van der Waals surface area contributed by atoms with Gasteiger partial charge in [0.05, 0.1) is 18.9 Å². The van der Waals surface area contributed by atoms with Gasteiger partial charge in [-0.2, -0.15) is 0 Å². The van der Waals surface area contributed by atoms with E-state index < -0.39 is 23.5 Å². The molecule has 8 nitrogen and oxygen atoms in total. The molecule has 0 radical (unpaired) electrons. The molecular formula is C30H27ClN2O6. The number of fused-ring (bicyclic) bond motifs is 1. The number of carbonyl (C=O) groups excluding carboxylic acids is 2. The summed E-state index contributed by atoms with van der Waals surface area (Å²) in [5, 5.41) is 12.0. The van der Waals surface area contributed by atoms with Crippen molar-refractivity contribution >= 4 is 45.6 Å². The number of methoxy groups -OCH3 is 1. The molecule has 6 rings (SSSR count). The molecule has 2 aromatic carbocycles. The molecule has 0 aliphatic carbocycles. The third-order valence-corrected chi connectivity index (χ3v) is 7.75. The number of aliphatic hydroxyl groups excluding tert-OH is 1. The average molecular weight is 547 g/mol. The smallest absolute Gasteiger partial charge is 0.294 e. The van der Waals surface area contributed by atoms with Crippen LogP contribution in [-0.2, 0) is 4.79 Å². The Morgan fingerprint density at radius 3 is 2.46 bits per heavy atom. The molecule has 1 N–H and O–H groups in total. The van der Waals surface area contributed by atoms with Crippen LogP contribution in [0.25, 0.3) is 11.0 Å². The molecule has 39 heavy (non-hydrogen) atoms. The van der Waals surface area contributed by atoms with Crippen LogP contribution >= 0.6 is 11.6 Å². The van der Waals surface area contributed by atoms with Gasteiger partial charge in [0.1, 0.15) is 11.8 Å². The Morgan fingerprint density at radius 1 is 1.08 bits per heavy atom. The van der Waals surface area contributed by atoms with Crippen molar-refractivity contribution in [1.29, 1.82) is 0 Å². The second-order valence-electron chi connectivity index (χ2n) is 10.0. The van der Waals surface area contributed by atoms with Crippen LogP contribution < -0.4 is 14.5 Å². The first kappa shape index (κ1) is 25.1. The van der Waals surface area contributed by atoms with Gasteiger partial charge >= 0.3 is 0 Å². The number of hydrogen-bond acceptors (Lipinski definition) is 7. The summed E-state index contributed by atoms with van der Waals surface area (Å²) < 4.78 is 16.9. The van der Waals surface area contributed by atoms with Crippen LogP contribution in [0.1, 0.15) is 42.1 Å². The van der Waals surface area contributed by atoms with Crippen LogP contribution in [0.5, 0.6) is 5.75 Å². The van der Waals surface area contributed by atoms with Crippen LogP contribution in [0.4, 0.5) is 11.4 Å². The maximum atomic E-state index is 13.8. The van der Waals surface area contributed by atoms with E-state index in [1.54, 1.807) is 24.3 Å². The van der Waals surface area contributed by atoms with Gasteiger partial charge in [-0.25, -0.2) is 0 Å². The van der Waals surface area contributed by atoms with Crippen molar-refractivity contribution in [2.45, 2.75) is 25.8 Å². The number of furan rings is 2. The molecule has 9 heteroatoms. The Morgan fingerprint density at radius 2 is 1.79 bits per heavy atom. The quantitative estimate of drug-likeness (QED) is 0.268. The minimum atomic E-state index is -0.986. The van der Waals surface area contributed by atoms with Gasteiger partial charge in [0, 0.05) is 40.9 Å². The number of Topliss-reactive ketones (excluding diaryl/α,β-unsaturated/α-hetero) is 1. The van der Waals surface area contributed by atoms with Gasteiger partial charge in [0.2, 0.25) is 5.78 Å². The molecule has 2 aliphatic rings. The molecule has 1 fully saturated rings. The maximum absolute atomic E-state index is 13.8. The summed E-state index contributed by atoms with van der Waals surface area (Å²) in [5.41, 5.74) is 1.80. The Hall–Kier alpha value is -4.17. The van der Waals surface area contributed by atoms with Crippen LogP contribution in [0.2, 0.25) is 5.02 Å². The minimum absolute atomic E-state index is 0.0620. The van der Waals surface area contributed by atoms with Crippen LogP contribution in [0.15, 0.2) is 81.0 Å². The fourth-order valence-electron chi connectivity index (χ4n) is 5.39. The molecule has 2 aromatic heterocycles. The number of hydrogen-bond donors (Lipinski definition) is 1. The van der Waals surface area contributed by atoms with E-state index in [0.717, 1.165) is 31.6 Å². The summed E-state index contributed by atoms with van der Waals surface area (Å²) in [6, 6.07) is 14.7. The predicted octanol–water partition coefficient (Wildman–Crippen LogP) is 6.71. The number of benzene rings is 2. The lowest BCUT2D eigenvalue weighted by Gasteiger charge is -2.32. The normalized spacial score (nSPS) is 18.4. The van der Waals surface area contributed by atoms with Gasteiger partial charge in [-0.15, -0.1) is 0 Å². The number of rotatable bonds is 6. The summed E-state index contributed by atoms with van der Waals surface area (Å²) in [5.74, 6) is -0.638. The van der Waals surface area contributed by atoms with E-state index in [2.05, 4.69) is 11.8 Å². The van der Waals surface area contributed by atoms with E-state index in [-0.39, 0.29) is 11.3 Å². The van der Waals surface area contributed by atoms with Crippen molar-refractivity contribution in [1.82, 2.24) is 0 Å². The van der Waals surface area contributed by atoms with E-state index in [0.29, 0.717) is 39.1 Å². The van der Waals surface area contributed by atoms with Crippen LogP contribution in [0, 0.1) is 5.92 Å². The first-order chi connectivity index (χ1) is 18.9. The number of ether oxygens (including phenoxy) is 1. The van der Waals surface area contributed by atoms with E-state index >= 15 is 0 Å². The SMILES string of the molecule is COc1cc(Cl)cc2cc(C(=O)C3=C(O)C(=O)N(c4ccc(N5CCC(C)CC5)cc4)C3c3ccco3)oc12. The Labute approximate surface area is 230 Å². The van der Waals surface area contributed by atoms with Gasteiger partial charge in [-0.1, -0.05) is 18.5 Å². The summed E-state index contributed by atoms with van der Waals surface area (Å²) in [7, 11) is 1.47. The van der Waals surface area contributed by atoms with Crippen molar-refractivity contribution in [2.24, 2.45) is 5.92 Å². The van der Waals surface area contributed by atoms with Crippen molar-refractivity contribution in [3.8, 4) is 5.75 Å². The number of carbonyl (C=O) groups is 2. The second kappa shape index (κ2) is 9.85. The molecule has 1 saturated heterocycles. The number of halogens is 1. The zero-order chi connectivity index (χ0) is 27.3. The van der Waals surface area contributed by atoms with Gasteiger partial charge < -0.3 is 23.6 Å². The van der Waals surface area contributed by atoms with Crippen molar-refractivity contribution in [3.63, 3.8) is 0 Å². The lowest BCUT2D eigenvalue weighted by molar-refractivity contribution is -0.117. The topological polar surface area (TPSA) is 96.4 Å². The van der Waals surface area contributed by atoms with E-state index in [4.69, 9.17) is 25.2 Å². The minimum Gasteiger partial charge on any atom is -0.503 e. The third kappa shape index (κ3) is 4.34. The van der Waals surface area contributed by atoms with Crippen molar-refractivity contribution in [2.75, 3.05) is 30.0 Å². The third-order valence-electron chi connectivity index (χ3n) is 7.53. The summed E-state index contributed by atoms with van der Waals surface area (Å²) in [6.45, 7) is 4.23. The first-order valence-corrected chi connectivity index (χ1v) is 13.2. The van der Waals surface area contributed by atoms with E-state index in [1.165, 1.54) is 24.3 Å². The number of aliphatic hydroxyl groups is 1. The summed E-state index contributed by atoms with van der Waals surface area (Å²) in [4.78, 5) is 31.0. The summed E-state index contributed by atoms with van der Waals surface area (Å²) in [6.07, 6.45) is 3.73. The molecule has 4 aromatic rings. The van der Waals surface area contributed by atoms with E-state index in [1.807, 2.05) is 24.3 Å². The van der Waals surface area contributed by atoms with Gasteiger partial charge in [0.25, 0.3) is 5.91 Å². The molecule has 1 atom stereocenters. The molecule has 1 amide bonds. The monoisotopic (exact) mass is 546 g/mol. The number of nitrogens with zero attached hydrogens (tertiary/aromatic N) is 2. The first-order valence-electron chi connectivity index (χ1n) is 12.8. The molecular weight excluding hydrogens is 520 g/mol. The molecule has 0 bridgehead atoms. The zero-order valence-electron chi connectivity index (χ0n) is 21.5. The van der Waals surface area contributed by atoms with Gasteiger partial charge in [-0.3, -0.25) is 14.5 Å². The molecule has 200 valence electrons. The number of piperidine rings is 1. The highest BCUT2D eigenvalue weighted by molar-refractivity contribution is 6.31. The molecule has 1 unspecified atom stereocenters. The van der Waals surface area contributed by atoms with Crippen molar-refractivity contribution in [3.05, 3.63) is 88.7 Å². The number of ketones is 1. The molecule has 4 heterocycles. The maximum Gasteiger partial charge on any atom is 0.294 e. The predicted molar refractivity (Wildman–Crippen MR) is 148 cm³/mol. The Balaban J connectivity index is 1.37. The average Bonchev–Trinajstić information content (AvgIpc) is 3.67. The lowest BCUT2D eigenvalue weighted by atomic mass is 9.98. The Kier molecular flexibility index (Phi) is 6.35. The standard InChI is InChI=1S/C30H27ClN2O6/c1-17-9-11-32(12-10-17)20-5-7-21(8-6-20)33-26(22-4-3-13-38-22)25(28(35)30(33)36)27(34)23-15-18-14-19(31)16-24(37-2)29(18)39-23/h3-8,13-17,26,35H,9-12H2,1-2H3. The fraction of sp³-hybridized carbons (Fsp3) is 0.267. The highest BCUT2D eigenvalue weighted by Gasteiger charge is 2.46. The second-order valence-corrected chi connectivity index (χ2v) is 10.4. The molecule has 0 spiro atoms. The van der Waals surface area contributed by atoms with E-state index in [9.17, 15) is 14.7 Å². The number of amides is 1. The largest absolute Gasteiger partial charge is 0.503 e. The fourth-order valence-corrected chi connectivity index (χ4v) is 5.61. The van der Waals surface area contributed by atoms with Crippen LogP contribution in [-0.4, -0.2) is 37.0 Å². The number of anilines is 2. The van der Waals surface area contributed by atoms with Crippen LogP contribution in [0.3, 0.4) is 0 Å². The van der Waals surface area contributed by atoms with Gasteiger partial charge in [-0.05, 0) is 67.3 Å². The summed E-state index contributed by atoms with van der Waals surface area (Å²) >= 11 is 6.18. The highest BCUT2D eigenvalue weighted by Crippen LogP contribution is 2.43. The zero-order valence-corrected chi connectivity index (χ0v) is 22.3. The van der Waals surface area contributed by atoms with Crippen molar-refractivity contribution < 1.29 is 28.3 Å². The molecule has 0 saturated carbocycles. The van der Waals surface area contributed by atoms with Gasteiger partial charge in [0.15, 0.2) is 22.9 Å². The highest BCUT2D eigenvalue weighted by atomic mass is 35.5. The molecule has 2 aliphatic heterocycles. The lowest BCUT2D eigenvalue weighted by Crippen LogP contribution is -2.33. The Bertz CT molecular complexity index is 1580.